The van der Waals surface area contributed by atoms with Gasteiger partial charge in [-0.25, -0.2) is 13.8 Å². The molecule has 0 amide bonds. The van der Waals surface area contributed by atoms with Crippen LogP contribution in [0.4, 0.5) is 10.1 Å². The van der Waals surface area contributed by atoms with Gasteiger partial charge in [0.15, 0.2) is 0 Å². The number of nitrogens with zero attached hydrogens (tertiary/aromatic N) is 2. The smallest absolute Gasteiger partial charge is 0.335 e. The van der Waals surface area contributed by atoms with E-state index in [4.69, 9.17) is 11.6 Å². The van der Waals surface area contributed by atoms with Crippen molar-refractivity contribution in [1.29, 1.82) is 0 Å². The lowest BCUT2D eigenvalue weighted by Crippen LogP contribution is -2.48. The van der Waals surface area contributed by atoms with Gasteiger partial charge in [-0.1, -0.05) is 17.7 Å². The topological polar surface area (TPSA) is 87.5 Å². The average Bonchev–Trinajstić information content (AvgIpc) is 2.81. The number of aromatic amines is 1. The zero-order valence-electron chi connectivity index (χ0n) is 19.3. The first-order valence-electron chi connectivity index (χ1n) is 12.1. The van der Waals surface area contributed by atoms with Gasteiger partial charge in [-0.15, -0.1) is 0 Å². The predicted molar refractivity (Wildman–Crippen MR) is 141 cm³/mol. The fraction of sp³-hybridized carbons (Fsp3) is 0.370. The van der Waals surface area contributed by atoms with Gasteiger partial charge in [-0.05, 0) is 114 Å². The number of aromatic hydroxyl groups is 1. The predicted octanol–water partition coefficient (Wildman–Crippen LogP) is 6.00. The molecule has 4 fully saturated rings. The maximum Gasteiger partial charge on any atom is 0.335 e. The number of aliphatic imine (C=N–C) groups is 1. The molecule has 2 aromatic carbocycles. The van der Waals surface area contributed by atoms with E-state index in [1.807, 2.05) is 6.07 Å². The maximum absolute atomic E-state index is 13.4. The van der Waals surface area contributed by atoms with Crippen LogP contribution in [0.15, 0.2) is 55.5 Å². The van der Waals surface area contributed by atoms with Gasteiger partial charge in [0.05, 0.1) is 16.4 Å². The van der Waals surface area contributed by atoms with E-state index in [1.165, 1.54) is 56.2 Å². The number of hydrogen-bond acceptors (Lipinski definition) is 4. The molecule has 4 saturated carbocycles. The van der Waals surface area contributed by atoms with Gasteiger partial charge in [-0.2, -0.15) is 0 Å². The first kappa shape index (κ1) is 23.7. The Balaban J connectivity index is 1.38. The van der Waals surface area contributed by atoms with Crippen LogP contribution in [0.25, 0.3) is 5.69 Å². The van der Waals surface area contributed by atoms with Crippen molar-refractivity contribution in [2.45, 2.75) is 43.9 Å². The molecule has 0 spiro atoms. The van der Waals surface area contributed by atoms with Crippen LogP contribution < -0.4 is 11.2 Å². The van der Waals surface area contributed by atoms with Crippen molar-refractivity contribution in [1.82, 2.24) is 9.55 Å². The quantitative estimate of drug-likeness (QED) is 0.376. The van der Waals surface area contributed by atoms with Crippen LogP contribution in [0.3, 0.4) is 0 Å². The van der Waals surface area contributed by atoms with E-state index in [9.17, 15) is 19.1 Å². The van der Waals surface area contributed by atoms with Gasteiger partial charge in [0, 0.05) is 10.7 Å². The summed E-state index contributed by atoms with van der Waals surface area (Å²) in [6.07, 6.45) is 8.83. The summed E-state index contributed by atoms with van der Waals surface area (Å²) in [5, 5.41) is 10.8. The molecule has 9 heteroatoms. The van der Waals surface area contributed by atoms with Crippen LogP contribution in [0, 0.1) is 23.6 Å². The molecule has 7 rings (SSSR count). The monoisotopic (exact) mass is 571 g/mol. The SMILES string of the molecule is O=c1[nH]c(=O)n(-c2ccc(C34CC5CC(CC(C5)C3)C4)cc2Br)c(O)c1C=Nc1ccc(F)c(Cl)c1. The molecule has 2 N–H and O–H groups in total. The highest BCUT2D eigenvalue weighted by Gasteiger charge is 2.51. The number of H-pyrrole nitrogens is 1. The first-order valence-corrected chi connectivity index (χ1v) is 13.3. The van der Waals surface area contributed by atoms with Gasteiger partial charge in [0.25, 0.3) is 5.56 Å². The van der Waals surface area contributed by atoms with Crippen molar-refractivity contribution < 1.29 is 9.50 Å². The van der Waals surface area contributed by atoms with Gasteiger partial charge in [-0.3, -0.25) is 14.8 Å². The summed E-state index contributed by atoms with van der Waals surface area (Å²) in [6.45, 7) is 0. The molecule has 1 heterocycles. The number of hydrogen-bond donors (Lipinski definition) is 2. The molecule has 4 aliphatic rings. The van der Waals surface area contributed by atoms with E-state index < -0.39 is 22.9 Å². The van der Waals surface area contributed by atoms with Gasteiger partial charge in [0.1, 0.15) is 11.4 Å². The molecule has 0 atom stereocenters. The second kappa shape index (κ2) is 8.70. The van der Waals surface area contributed by atoms with Crippen LogP contribution in [-0.4, -0.2) is 20.9 Å². The van der Waals surface area contributed by atoms with Crippen LogP contribution in [0.5, 0.6) is 5.88 Å². The highest BCUT2D eigenvalue weighted by Crippen LogP contribution is 2.61. The first-order chi connectivity index (χ1) is 17.2. The fourth-order valence-electron chi connectivity index (χ4n) is 7.07. The van der Waals surface area contributed by atoms with Crippen molar-refractivity contribution >= 4 is 39.4 Å². The Morgan fingerprint density at radius 3 is 2.36 bits per heavy atom. The molecule has 0 aliphatic heterocycles. The molecule has 0 saturated heterocycles. The van der Waals surface area contributed by atoms with E-state index in [0.29, 0.717) is 15.8 Å². The van der Waals surface area contributed by atoms with E-state index in [-0.39, 0.29) is 16.0 Å². The molecule has 4 bridgehead atoms. The zero-order valence-corrected chi connectivity index (χ0v) is 21.7. The normalized spacial score (nSPS) is 26.7. The summed E-state index contributed by atoms with van der Waals surface area (Å²) in [5.41, 5.74) is 0.411. The maximum atomic E-state index is 13.4. The number of halogens is 3. The Kier molecular flexibility index (Phi) is 5.72. The number of nitrogens with one attached hydrogen (secondary N) is 1. The second-order valence-electron chi connectivity index (χ2n) is 10.6. The Morgan fingerprint density at radius 1 is 1.08 bits per heavy atom. The summed E-state index contributed by atoms with van der Waals surface area (Å²) >= 11 is 9.41. The third kappa shape index (κ3) is 3.95. The summed E-state index contributed by atoms with van der Waals surface area (Å²) in [6, 6.07) is 9.78. The largest absolute Gasteiger partial charge is 0.493 e. The Hall–Kier alpha value is -2.71. The molecular formula is C27H24BrClFN3O3. The van der Waals surface area contributed by atoms with Crippen LogP contribution in [0.2, 0.25) is 5.02 Å². The van der Waals surface area contributed by atoms with Gasteiger partial charge < -0.3 is 5.11 Å². The fourth-order valence-corrected chi connectivity index (χ4v) is 7.80. The molecule has 6 nitrogen and oxygen atoms in total. The minimum absolute atomic E-state index is 0.115. The van der Waals surface area contributed by atoms with Crippen LogP contribution >= 0.6 is 27.5 Å². The summed E-state index contributed by atoms with van der Waals surface area (Å²) in [7, 11) is 0. The molecule has 0 unspecified atom stereocenters. The zero-order chi connectivity index (χ0) is 25.2. The van der Waals surface area contributed by atoms with E-state index in [0.717, 1.165) is 34.6 Å². The molecule has 186 valence electrons. The van der Waals surface area contributed by atoms with Crippen molar-refractivity contribution in [3.63, 3.8) is 0 Å². The van der Waals surface area contributed by atoms with E-state index in [1.54, 1.807) is 0 Å². The number of aromatic nitrogens is 2. The lowest BCUT2D eigenvalue weighted by atomic mass is 9.48. The summed E-state index contributed by atoms with van der Waals surface area (Å²) < 4.78 is 15.1. The molecule has 4 aliphatic carbocycles. The average molecular weight is 573 g/mol. The second-order valence-corrected chi connectivity index (χ2v) is 11.8. The van der Waals surface area contributed by atoms with Crippen molar-refractivity contribution in [2.24, 2.45) is 22.7 Å². The third-order valence-corrected chi connectivity index (χ3v) is 9.13. The Bertz CT molecular complexity index is 1490. The Labute approximate surface area is 220 Å². The minimum atomic E-state index is -0.785. The molecule has 36 heavy (non-hydrogen) atoms. The van der Waals surface area contributed by atoms with Crippen molar-refractivity contribution in [2.75, 3.05) is 0 Å². The molecule has 3 aromatic rings. The van der Waals surface area contributed by atoms with Crippen LogP contribution in [0.1, 0.15) is 49.7 Å². The highest BCUT2D eigenvalue weighted by atomic mass is 79.9. The van der Waals surface area contributed by atoms with Gasteiger partial charge in [0.2, 0.25) is 5.88 Å². The Morgan fingerprint density at radius 2 is 1.75 bits per heavy atom. The summed E-state index contributed by atoms with van der Waals surface area (Å²) in [4.78, 5) is 31.6. The van der Waals surface area contributed by atoms with Crippen molar-refractivity contribution in [3.8, 4) is 11.6 Å². The standard InChI is InChI=1S/C27H24BrClFN3O3/c28-20-8-17(27-10-14-5-15(11-27)7-16(6-14)12-27)1-4-23(20)33-25(35)19(24(34)32-26(33)36)13-31-18-2-3-22(30)21(29)9-18/h1-4,8-9,13-16,35H,5-7,10-12H2,(H,32,34,36). The van der Waals surface area contributed by atoms with E-state index in [2.05, 4.69) is 38.0 Å². The molecule has 1 aromatic heterocycles. The van der Waals surface area contributed by atoms with Crippen molar-refractivity contribution in [3.05, 3.63) is 83.7 Å². The highest BCUT2D eigenvalue weighted by molar-refractivity contribution is 9.10. The lowest BCUT2D eigenvalue weighted by molar-refractivity contribution is -0.00521. The van der Waals surface area contributed by atoms with Gasteiger partial charge >= 0.3 is 5.69 Å². The molecule has 0 radical (unpaired) electrons. The summed E-state index contributed by atoms with van der Waals surface area (Å²) in [5.74, 6) is 1.28. The van der Waals surface area contributed by atoms with E-state index >= 15 is 0 Å². The molecular weight excluding hydrogens is 549 g/mol. The third-order valence-electron chi connectivity index (χ3n) is 8.21. The number of rotatable bonds is 4. The lowest BCUT2D eigenvalue weighted by Gasteiger charge is -2.57. The van der Waals surface area contributed by atoms with Crippen LogP contribution in [-0.2, 0) is 5.41 Å². The number of benzene rings is 2. The minimum Gasteiger partial charge on any atom is -0.493 e.